The molecule has 19 heavy (non-hydrogen) atoms. The largest absolute Gasteiger partial charge is 0.314 e. The molecule has 1 rings (SSSR count). The van der Waals surface area contributed by atoms with E-state index in [9.17, 15) is 0 Å². The highest BCUT2D eigenvalue weighted by Crippen LogP contribution is 2.27. The number of nitrogens with one attached hydrogen (secondary N) is 1. The van der Waals surface area contributed by atoms with E-state index in [2.05, 4.69) is 59.2 Å². The molecule has 0 aromatic carbocycles. The fourth-order valence-electron chi connectivity index (χ4n) is 2.41. The second kappa shape index (κ2) is 6.85. The molecule has 0 radical (unpaired) electrons. The van der Waals surface area contributed by atoms with Crippen molar-refractivity contribution in [1.82, 2.24) is 10.3 Å². The Bertz CT molecular complexity index is 376. The van der Waals surface area contributed by atoms with Gasteiger partial charge in [-0.2, -0.15) is 0 Å². The van der Waals surface area contributed by atoms with Crippen LogP contribution in [0.1, 0.15) is 59.2 Å². The summed E-state index contributed by atoms with van der Waals surface area (Å²) in [6.07, 6.45) is 1.09. The minimum absolute atomic E-state index is 0.162. The molecule has 1 aromatic rings. The standard InChI is InChI=1S/C16H30N2S/c1-8-17-12(4)13(11(2)3)9-15-18-14(10-19-15)16(5,6)7/h10-13,17H,8-9H2,1-7H3. The first-order valence-corrected chi connectivity index (χ1v) is 8.32. The lowest BCUT2D eigenvalue weighted by Gasteiger charge is -2.27. The molecule has 1 aromatic heterocycles. The fraction of sp³-hybridized carbons (Fsp3) is 0.812. The van der Waals surface area contributed by atoms with E-state index in [4.69, 9.17) is 4.98 Å². The van der Waals surface area contributed by atoms with Crippen molar-refractivity contribution in [3.05, 3.63) is 16.1 Å². The van der Waals surface area contributed by atoms with Gasteiger partial charge in [-0.25, -0.2) is 4.98 Å². The number of nitrogens with zero attached hydrogens (tertiary/aromatic N) is 1. The summed E-state index contributed by atoms with van der Waals surface area (Å²) in [5.41, 5.74) is 1.39. The zero-order valence-corrected chi connectivity index (χ0v) is 14.4. The van der Waals surface area contributed by atoms with Gasteiger partial charge in [0.25, 0.3) is 0 Å². The highest BCUT2D eigenvalue weighted by Gasteiger charge is 2.23. The molecule has 110 valence electrons. The van der Waals surface area contributed by atoms with E-state index in [1.165, 1.54) is 10.7 Å². The van der Waals surface area contributed by atoms with E-state index in [0.717, 1.165) is 13.0 Å². The van der Waals surface area contributed by atoms with E-state index >= 15 is 0 Å². The van der Waals surface area contributed by atoms with Crippen LogP contribution in [-0.4, -0.2) is 17.6 Å². The first kappa shape index (κ1) is 16.6. The number of rotatable bonds is 6. The third kappa shape index (κ3) is 4.88. The van der Waals surface area contributed by atoms with Crippen molar-refractivity contribution in [3.63, 3.8) is 0 Å². The van der Waals surface area contributed by atoms with Crippen LogP contribution in [0.4, 0.5) is 0 Å². The molecule has 0 aliphatic rings. The lowest BCUT2D eigenvalue weighted by atomic mass is 9.86. The zero-order valence-electron chi connectivity index (χ0n) is 13.6. The molecule has 0 spiro atoms. The molecule has 0 amide bonds. The maximum Gasteiger partial charge on any atom is 0.0931 e. The Hall–Kier alpha value is -0.410. The quantitative estimate of drug-likeness (QED) is 0.843. The molecule has 0 fully saturated rings. The minimum Gasteiger partial charge on any atom is -0.314 e. The molecule has 0 bridgehead atoms. The summed E-state index contributed by atoms with van der Waals surface area (Å²) in [7, 11) is 0. The molecule has 3 heteroatoms. The molecular weight excluding hydrogens is 252 g/mol. The van der Waals surface area contributed by atoms with E-state index in [-0.39, 0.29) is 5.41 Å². The predicted molar refractivity (Wildman–Crippen MR) is 86.0 cm³/mol. The van der Waals surface area contributed by atoms with Gasteiger partial charge in [-0.15, -0.1) is 11.3 Å². The third-order valence-corrected chi connectivity index (χ3v) is 4.63. The highest BCUT2D eigenvalue weighted by molar-refractivity contribution is 7.09. The van der Waals surface area contributed by atoms with Gasteiger partial charge in [0.15, 0.2) is 0 Å². The lowest BCUT2D eigenvalue weighted by Crippen LogP contribution is -2.37. The van der Waals surface area contributed by atoms with Gasteiger partial charge >= 0.3 is 0 Å². The monoisotopic (exact) mass is 282 g/mol. The van der Waals surface area contributed by atoms with Crippen LogP contribution in [0.2, 0.25) is 0 Å². The van der Waals surface area contributed by atoms with Gasteiger partial charge in [0.1, 0.15) is 0 Å². The number of thiazole rings is 1. The van der Waals surface area contributed by atoms with Crippen LogP contribution in [0.3, 0.4) is 0 Å². The van der Waals surface area contributed by atoms with Gasteiger partial charge in [-0.05, 0) is 25.3 Å². The van der Waals surface area contributed by atoms with Crippen LogP contribution >= 0.6 is 11.3 Å². The van der Waals surface area contributed by atoms with Gasteiger partial charge in [0.05, 0.1) is 10.7 Å². The van der Waals surface area contributed by atoms with Crippen LogP contribution < -0.4 is 5.32 Å². The van der Waals surface area contributed by atoms with Gasteiger partial charge < -0.3 is 5.32 Å². The molecular formula is C16H30N2S. The summed E-state index contributed by atoms with van der Waals surface area (Å²) in [6, 6.07) is 0.548. The Labute approximate surface area is 123 Å². The van der Waals surface area contributed by atoms with Crippen LogP contribution in [-0.2, 0) is 11.8 Å². The SMILES string of the molecule is CCNC(C)C(Cc1nc(C(C)(C)C)cs1)C(C)C. The molecule has 1 N–H and O–H groups in total. The maximum absolute atomic E-state index is 4.84. The molecule has 0 aliphatic carbocycles. The van der Waals surface area contributed by atoms with Crippen molar-refractivity contribution in [2.24, 2.45) is 11.8 Å². The Kier molecular flexibility index (Phi) is 6.00. The van der Waals surface area contributed by atoms with E-state index in [0.29, 0.717) is 17.9 Å². The number of hydrogen-bond acceptors (Lipinski definition) is 3. The third-order valence-electron chi connectivity index (χ3n) is 3.76. The van der Waals surface area contributed by atoms with E-state index < -0.39 is 0 Å². The van der Waals surface area contributed by atoms with E-state index in [1.807, 2.05) is 11.3 Å². The van der Waals surface area contributed by atoms with Crippen LogP contribution in [0.5, 0.6) is 0 Å². The second-order valence-corrected chi connectivity index (χ2v) is 7.78. The Balaban J connectivity index is 2.77. The molecule has 0 aliphatic heterocycles. The molecule has 0 saturated carbocycles. The first-order valence-electron chi connectivity index (χ1n) is 7.44. The molecule has 1 heterocycles. The Morgan fingerprint density at radius 3 is 2.32 bits per heavy atom. The summed E-state index contributed by atoms with van der Waals surface area (Å²) in [5, 5.41) is 7.07. The summed E-state index contributed by atoms with van der Waals surface area (Å²) in [6.45, 7) is 16.8. The maximum atomic E-state index is 4.84. The zero-order chi connectivity index (χ0) is 14.6. The summed E-state index contributed by atoms with van der Waals surface area (Å²) in [4.78, 5) is 4.84. The van der Waals surface area contributed by atoms with E-state index in [1.54, 1.807) is 0 Å². The van der Waals surface area contributed by atoms with Crippen molar-refractivity contribution in [1.29, 1.82) is 0 Å². The van der Waals surface area contributed by atoms with Gasteiger partial charge in [-0.1, -0.05) is 41.5 Å². The number of hydrogen-bond donors (Lipinski definition) is 1. The Morgan fingerprint density at radius 2 is 1.89 bits per heavy atom. The number of aromatic nitrogens is 1. The summed E-state index contributed by atoms with van der Waals surface area (Å²) in [5.74, 6) is 1.33. The van der Waals surface area contributed by atoms with Gasteiger partial charge in [-0.3, -0.25) is 0 Å². The average molecular weight is 282 g/mol. The van der Waals surface area contributed by atoms with Crippen molar-refractivity contribution in [2.75, 3.05) is 6.54 Å². The van der Waals surface area contributed by atoms with Crippen molar-refractivity contribution >= 4 is 11.3 Å². The molecule has 2 nitrogen and oxygen atoms in total. The molecule has 2 unspecified atom stereocenters. The Morgan fingerprint density at radius 1 is 1.26 bits per heavy atom. The fourth-order valence-corrected chi connectivity index (χ4v) is 3.51. The van der Waals surface area contributed by atoms with Crippen LogP contribution in [0, 0.1) is 11.8 Å². The van der Waals surface area contributed by atoms with Crippen molar-refractivity contribution < 1.29 is 0 Å². The summed E-state index contributed by atoms with van der Waals surface area (Å²) < 4.78 is 0. The predicted octanol–water partition coefficient (Wildman–Crippen LogP) is 4.25. The van der Waals surface area contributed by atoms with Crippen LogP contribution in [0.25, 0.3) is 0 Å². The highest BCUT2D eigenvalue weighted by atomic mass is 32.1. The average Bonchev–Trinajstić information content (AvgIpc) is 2.73. The minimum atomic E-state index is 0.162. The first-order chi connectivity index (χ1) is 8.75. The van der Waals surface area contributed by atoms with Gasteiger partial charge in [0, 0.05) is 23.3 Å². The van der Waals surface area contributed by atoms with Crippen molar-refractivity contribution in [2.45, 2.75) is 66.3 Å². The lowest BCUT2D eigenvalue weighted by molar-refractivity contribution is 0.291. The second-order valence-electron chi connectivity index (χ2n) is 6.83. The topological polar surface area (TPSA) is 24.9 Å². The smallest absolute Gasteiger partial charge is 0.0931 e. The molecule has 0 saturated heterocycles. The van der Waals surface area contributed by atoms with Crippen molar-refractivity contribution in [3.8, 4) is 0 Å². The van der Waals surface area contributed by atoms with Crippen LogP contribution in [0.15, 0.2) is 5.38 Å². The van der Waals surface area contributed by atoms with Gasteiger partial charge in [0.2, 0.25) is 0 Å². The summed E-state index contributed by atoms with van der Waals surface area (Å²) >= 11 is 1.82. The normalized spacial score (nSPS) is 15.8. The molecule has 2 atom stereocenters.